The number of halogens is 1. The third kappa shape index (κ3) is 4.34. The van der Waals surface area contributed by atoms with E-state index in [4.69, 9.17) is 10.5 Å². The van der Waals surface area contributed by atoms with E-state index in [1.54, 1.807) is 11.3 Å². The first-order valence-corrected chi connectivity index (χ1v) is 7.97. The van der Waals surface area contributed by atoms with Gasteiger partial charge >= 0.3 is 0 Å². The van der Waals surface area contributed by atoms with E-state index >= 15 is 0 Å². The zero-order valence-electron chi connectivity index (χ0n) is 11.1. The Morgan fingerprint density at radius 1 is 1.32 bits per heavy atom. The van der Waals surface area contributed by atoms with Crippen LogP contribution in [0.15, 0.2) is 40.2 Å². The third-order valence-corrected chi connectivity index (χ3v) is 4.42. The van der Waals surface area contributed by atoms with Crippen LogP contribution in [0.2, 0.25) is 0 Å². The first-order chi connectivity index (χ1) is 9.04. The number of benzene rings is 1. The molecule has 2 N–H and O–H groups in total. The van der Waals surface area contributed by atoms with Gasteiger partial charge in [0.1, 0.15) is 5.75 Å². The molecule has 0 saturated carbocycles. The van der Waals surface area contributed by atoms with Crippen LogP contribution in [-0.2, 0) is 6.42 Å². The summed E-state index contributed by atoms with van der Waals surface area (Å²) in [6, 6.07) is 10.2. The Kier molecular flexibility index (Phi) is 5.02. The van der Waals surface area contributed by atoms with Crippen molar-refractivity contribution in [1.82, 2.24) is 0 Å². The zero-order valence-corrected chi connectivity index (χ0v) is 13.5. The van der Waals surface area contributed by atoms with Crippen molar-refractivity contribution in [2.45, 2.75) is 32.4 Å². The average Bonchev–Trinajstić information content (AvgIpc) is 2.74. The van der Waals surface area contributed by atoms with E-state index < -0.39 is 0 Å². The summed E-state index contributed by atoms with van der Waals surface area (Å²) in [5.74, 6) is 0.885. The molecule has 0 fully saturated rings. The highest BCUT2D eigenvalue weighted by Gasteiger charge is 2.10. The Morgan fingerprint density at radius 3 is 2.74 bits per heavy atom. The lowest BCUT2D eigenvalue weighted by atomic mass is 10.0. The largest absolute Gasteiger partial charge is 0.491 e. The first-order valence-electron chi connectivity index (χ1n) is 6.29. The summed E-state index contributed by atoms with van der Waals surface area (Å²) in [6.45, 7) is 4.05. The molecule has 0 aliphatic carbocycles. The van der Waals surface area contributed by atoms with Gasteiger partial charge in [-0.2, -0.15) is 0 Å². The van der Waals surface area contributed by atoms with E-state index in [-0.39, 0.29) is 12.1 Å². The number of nitrogens with two attached hydrogens (primary N) is 1. The molecule has 0 bridgehead atoms. The molecule has 0 aliphatic heterocycles. The first kappa shape index (κ1) is 14.6. The molecule has 1 atom stereocenters. The summed E-state index contributed by atoms with van der Waals surface area (Å²) in [5.41, 5.74) is 7.39. The lowest BCUT2D eigenvalue weighted by Crippen LogP contribution is -2.13. The van der Waals surface area contributed by atoms with E-state index in [2.05, 4.69) is 33.4 Å². The van der Waals surface area contributed by atoms with Crippen LogP contribution in [0.3, 0.4) is 0 Å². The lowest BCUT2D eigenvalue weighted by molar-refractivity contribution is 0.242. The molecular formula is C15H18BrNOS. The summed E-state index contributed by atoms with van der Waals surface area (Å²) in [4.78, 5) is 1.29. The fourth-order valence-corrected chi connectivity index (χ4v) is 3.40. The molecule has 1 aromatic carbocycles. The van der Waals surface area contributed by atoms with Gasteiger partial charge in [-0.25, -0.2) is 0 Å². The maximum absolute atomic E-state index is 6.27. The highest BCUT2D eigenvalue weighted by molar-refractivity contribution is 9.10. The minimum atomic E-state index is 0.00117. The van der Waals surface area contributed by atoms with Gasteiger partial charge < -0.3 is 10.5 Å². The second kappa shape index (κ2) is 6.55. The number of rotatable bonds is 5. The smallest absolute Gasteiger partial charge is 0.120 e. The van der Waals surface area contributed by atoms with E-state index in [9.17, 15) is 0 Å². The van der Waals surface area contributed by atoms with Crippen LogP contribution in [0.4, 0.5) is 0 Å². The maximum atomic E-state index is 6.27. The summed E-state index contributed by atoms with van der Waals surface area (Å²) in [6.07, 6.45) is 1.03. The fraction of sp³-hybridized carbons (Fsp3) is 0.333. The number of thiophene rings is 1. The SMILES string of the molecule is CC(C)Oc1cccc(C(N)Cc2cc(Br)cs2)c1. The standard InChI is InChI=1S/C15H18BrNOS/c1-10(2)18-13-5-3-4-11(6-13)15(17)8-14-7-12(16)9-19-14/h3-7,9-10,15H,8,17H2,1-2H3. The van der Waals surface area contributed by atoms with Crippen LogP contribution in [-0.4, -0.2) is 6.10 Å². The van der Waals surface area contributed by atoms with Crippen molar-refractivity contribution < 1.29 is 4.74 Å². The predicted molar refractivity (Wildman–Crippen MR) is 84.9 cm³/mol. The normalized spacial score (nSPS) is 12.7. The van der Waals surface area contributed by atoms with Crippen molar-refractivity contribution in [2.75, 3.05) is 0 Å². The highest BCUT2D eigenvalue weighted by Crippen LogP contribution is 2.26. The fourth-order valence-electron chi connectivity index (χ4n) is 1.89. The molecule has 102 valence electrons. The van der Waals surface area contributed by atoms with Gasteiger partial charge in [-0.05, 0) is 53.5 Å². The topological polar surface area (TPSA) is 35.2 Å². The number of hydrogen-bond donors (Lipinski definition) is 1. The molecule has 0 saturated heterocycles. The highest BCUT2D eigenvalue weighted by atomic mass is 79.9. The van der Waals surface area contributed by atoms with E-state index in [0.29, 0.717) is 0 Å². The van der Waals surface area contributed by atoms with Crippen LogP contribution >= 0.6 is 27.3 Å². The zero-order chi connectivity index (χ0) is 13.8. The van der Waals surface area contributed by atoms with Gasteiger partial charge in [0.15, 0.2) is 0 Å². The molecule has 0 amide bonds. The van der Waals surface area contributed by atoms with Crippen molar-refractivity contribution >= 4 is 27.3 Å². The maximum Gasteiger partial charge on any atom is 0.120 e. The Bertz CT molecular complexity index is 538. The van der Waals surface area contributed by atoms with Crippen molar-refractivity contribution in [1.29, 1.82) is 0 Å². The molecule has 2 aromatic rings. The van der Waals surface area contributed by atoms with Gasteiger partial charge in [0.25, 0.3) is 0 Å². The Labute approximate surface area is 126 Å². The molecule has 0 radical (unpaired) electrons. The van der Waals surface area contributed by atoms with Gasteiger partial charge in [0, 0.05) is 27.2 Å². The predicted octanol–water partition coefficient (Wildman–Crippen LogP) is 4.54. The van der Waals surface area contributed by atoms with Crippen molar-refractivity contribution in [3.63, 3.8) is 0 Å². The molecule has 2 rings (SSSR count). The Balaban J connectivity index is 2.08. The van der Waals surface area contributed by atoms with Gasteiger partial charge in [0.2, 0.25) is 0 Å². The summed E-state index contributed by atoms with van der Waals surface area (Å²) in [5, 5.41) is 2.08. The molecule has 0 aliphatic rings. The van der Waals surface area contributed by atoms with Crippen LogP contribution in [0, 0.1) is 0 Å². The van der Waals surface area contributed by atoms with Crippen LogP contribution in [0.1, 0.15) is 30.3 Å². The minimum Gasteiger partial charge on any atom is -0.491 e. The quantitative estimate of drug-likeness (QED) is 0.867. The molecular weight excluding hydrogens is 322 g/mol. The van der Waals surface area contributed by atoms with Gasteiger partial charge in [-0.15, -0.1) is 11.3 Å². The monoisotopic (exact) mass is 339 g/mol. The van der Waals surface area contributed by atoms with E-state index in [1.165, 1.54) is 4.88 Å². The molecule has 19 heavy (non-hydrogen) atoms. The van der Waals surface area contributed by atoms with Crippen LogP contribution < -0.4 is 10.5 Å². The second-order valence-electron chi connectivity index (χ2n) is 4.78. The molecule has 1 unspecified atom stereocenters. The summed E-state index contributed by atoms with van der Waals surface area (Å²) < 4.78 is 6.82. The van der Waals surface area contributed by atoms with Crippen LogP contribution in [0.25, 0.3) is 0 Å². The number of ether oxygens (including phenoxy) is 1. The Morgan fingerprint density at radius 2 is 2.11 bits per heavy atom. The average molecular weight is 340 g/mol. The molecule has 1 heterocycles. The van der Waals surface area contributed by atoms with Crippen molar-refractivity contribution in [3.8, 4) is 5.75 Å². The Hall–Kier alpha value is -0.840. The molecule has 2 nitrogen and oxygen atoms in total. The van der Waals surface area contributed by atoms with Crippen LogP contribution in [0.5, 0.6) is 5.75 Å². The van der Waals surface area contributed by atoms with Gasteiger partial charge in [-0.1, -0.05) is 12.1 Å². The third-order valence-electron chi connectivity index (χ3n) is 2.70. The molecule has 1 aromatic heterocycles. The van der Waals surface area contributed by atoms with E-state index in [0.717, 1.165) is 22.2 Å². The molecule has 0 spiro atoms. The van der Waals surface area contributed by atoms with Gasteiger partial charge in [0.05, 0.1) is 6.10 Å². The summed E-state index contributed by atoms with van der Waals surface area (Å²) >= 11 is 5.20. The number of hydrogen-bond acceptors (Lipinski definition) is 3. The summed E-state index contributed by atoms with van der Waals surface area (Å²) in [7, 11) is 0. The van der Waals surface area contributed by atoms with E-state index in [1.807, 2.05) is 32.0 Å². The second-order valence-corrected chi connectivity index (χ2v) is 6.69. The lowest BCUT2D eigenvalue weighted by Gasteiger charge is -2.14. The minimum absolute atomic E-state index is 0.00117. The molecule has 4 heteroatoms. The van der Waals surface area contributed by atoms with Crippen molar-refractivity contribution in [3.05, 3.63) is 50.6 Å². The van der Waals surface area contributed by atoms with Gasteiger partial charge in [-0.3, -0.25) is 0 Å². The van der Waals surface area contributed by atoms with Crippen molar-refractivity contribution in [2.24, 2.45) is 5.73 Å².